The molecule has 1 fully saturated rings. The number of likely N-dealkylation sites (N-methyl/N-ethyl adjacent to an activating group) is 1. The fourth-order valence-electron chi connectivity index (χ4n) is 6.80. The van der Waals surface area contributed by atoms with Gasteiger partial charge in [-0.15, -0.1) is 10.2 Å². The van der Waals surface area contributed by atoms with Crippen molar-refractivity contribution in [1.29, 1.82) is 0 Å². The van der Waals surface area contributed by atoms with Crippen LogP contribution in [0.15, 0.2) is 66.7 Å². The number of tetrazole rings is 1. The molecule has 14 nitrogen and oxygen atoms in total. The van der Waals surface area contributed by atoms with E-state index in [2.05, 4.69) is 60.6 Å². The lowest BCUT2D eigenvalue weighted by Crippen LogP contribution is -2.48. The molecule has 0 saturated heterocycles. The Balaban J connectivity index is 1.23. The van der Waals surface area contributed by atoms with Crippen LogP contribution in [0.5, 0.6) is 0 Å². The molecule has 1 heterocycles. The number of benzene rings is 3. The van der Waals surface area contributed by atoms with Gasteiger partial charge in [0.05, 0.1) is 0 Å². The number of alkyl carbamates (subject to hydrolysis) is 1. The molecule has 57 heavy (non-hydrogen) atoms. The molecule has 1 aromatic heterocycles. The third-order valence-corrected chi connectivity index (χ3v) is 10.4. The van der Waals surface area contributed by atoms with Crippen LogP contribution in [0.1, 0.15) is 76.2 Å². The van der Waals surface area contributed by atoms with Crippen molar-refractivity contribution in [3.8, 4) is 22.5 Å². The van der Waals surface area contributed by atoms with Crippen LogP contribution in [0, 0.1) is 11.8 Å². The first-order valence-electron chi connectivity index (χ1n) is 19.6. The topological polar surface area (TPSA) is 183 Å². The molecule has 0 bridgehead atoms. The number of nitrogens with one attached hydrogen (secondary N) is 5. The van der Waals surface area contributed by atoms with Gasteiger partial charge in [-0.1, -0.05) is 55.8 Å². The second-order valence-corrected chi connectivity index (χ2v) is 15.7. The average Bonchev–Trinajstić information content (AvgIpc) is 3.74. The second-order valence-electron chi connectivity index (χ2n) is 15.3. The lowest BCUT2D eigenvalue weighted by Gasteiger charge is -2.29. The monoisotopic (exact) mass is 799 g/mol. The number of anilines is 1. The first-order valence-corrected chi connectivity index (χ1v) is 20.0. The van der Waals surface area contributed by atoms with Gasteiger partial charge in [0.15, 0.2) is 0 Å². The molecule has 5 rings (SSSR count). The predicted molar refractivity (Wildman–Crippen MR) is 221 cm³/mol. The molecular formula is C42H54ClN9O5. The Kier molecular flexibility index (Phi) is 15.2. The van der Waals surface area contributed by atoms with E-state index in [1.54, 1.807) is 36.4 Å². The molecule has 3 aromatic carbocycles. The molecular weight excluding hydrogens is 746 g/mol. The molecule has 1 aliphatic carbocycles. The van der Waals surface area contributed by atoms with Gasteiger partial charge in [0.2, 0.25) is 17.6 Å². The molecule has 4 aromatic rings. The van der Waals surface area contributed by atoms with Gasteiger partial charge in [-0.2, -0.15) is 5.21 Å². The van der Waals surface area contributed by atoms with Crippen LogP contribution in [-0.4, -0.2) is 93.7 Å². The fraction of sp³-hybridized carbons (Fsp3) is 0.452. The Morgan fingerprint density at radius 2 is 1.60 bits per heavy atom. The summed E-state index contributed by atoms with van der Waals surface area (Å²) in [4.78, 5) is 54.7. The van der Waals surface area contributed by atoms with Gasteiger partial charge >= 0.3 is 6.09 Å². The van der Waals surface area contributed by atoms with Gasteiger partial charge in [-0.3, -0.25) is 14.4 Å². The average molecular weight is 800 g/mol. The van der Waals surface area contributed by atoms with Crippen molar-refractivity contribution in [1.82, 2.24) is 41.5 Å². The Bertz CT molecular complexity index is 1940. The highest BCUT2D eigenvalue weighted by Crippen LogP contribution is 2.31. The summed E-state index contributed by atoms with van der Waals surface area (Å²) in [5.74, 6) is -0.307. The van der Waals surface area contributed by atoms with E-state index in [9.17, 15) is 19.2 Å². The van der Waals surface area contributed by atoms with Crippen LogP contribution in [0.25, 0.3) is 22.5 Å². The summed E-state index contributed by atoms with van der Waals surface area (Å²) in [5.41, 5.74) is 3.65. The SMILES string of the molecule is CCN(CC)CCNC(=O)c1ccc(-c2ccc(CC(NC(=O)C3CCC(CNC(=O)OC(C)(C)C)CC3)C(=O)Nc3ccc(-c4nn[nH]n4)cc3)cc2)c(Cl)c1. The van der Waals surface area contributed by atoms with Crippen molar-refractivity contribution in [2.75, 3.05) is 38.0 Å². The number of carbonyl (C=O) groups excluding carboxylic acids is 4. The molecule has 1 atom stereocenters. The van der Waals surface area contributed by atoms with Crippen LogP contribution < -0.4 is 21.3 Å². The second kappa shape index (κ2) is 20.2. The van der Waals surface area contributed by atoms with Gasteiger partial charge in [0, 0.05) is 59.4 Å². The first-order chi connectivity index (χ1) is 27.3. The molecule has 1 saturated carbocycles. The number of ether oxygens (including phenoxy) is 1. The van der Waals surface area contributed by atoms with E-state index in [1.807, 2.05) is 51.1 Å². The van der Waals surface area contributed by atoms with E-state index in [0.29, 0.717) is 48.0 Å². The molecule has 1 aliphatic rings. The number of nitrogens with zero attached hydrogens (tertiary/aromatic N) is 4. The molecule has 4 amide bonds. The normalized spacial score (nSPS) is 16.1. The van der Waals surface area contributed by atoms with Gasteiger partial charge in [0.25, 0.3) is 5.91 Å². The molecule has 1 unspecified atom stereocenters. The smallest absolute Gasteiger partial charge is 0.407 e. The van der Waals surface area contributed by atoms with E-state index < -0.39 is 17.7 Å². The number of aromatic nitrogens is 4. The van der Waals surface area contributed by atoms with E-state index >= 15 is 0 Å². The van der Waals surface area contributed by atoms with Crippen molar-refractivity contribution in [3.05, 3.63) is 82.9 Å². The summed E-state index contributed by atoms with van der Waals surface area (Å²) in [5, 5.41) is 26.3. The van der Waals surface area contributed by atoms with Crippen molar-refractivity contribution < 1.29 is 23.9 Å². The van der Waals surface area contributed by atoms with E-state index in [-0.39, 0.29) is 36.0 Å². The van der Waals surface area contributed by atoms with Crippen LogP contribution >= 0.6 is 11.6 Å². The summed E-state index contributed by atoms with van der Waals surface area (Å²) < 4.78 is 5.35. The minimum absolute atomic E-state index is 0.177. The summed E-state index contributed by atoms with van der Waals surface area (Å²) in [6.07, 6.45) is 2.62. The number of carbonyl (C=O) groups is 4. The number of H-pyrrole nitrogens is 1. The molecule has 5 N–H and O–H groups in total. The van der Waals surface area contributed by atoms with Gasteiger partial charge in [-0.05, 0) is 118 Å². The van der Waals surface area contributed by atoms with E-state index in [4.69, 9.17) is 16.3 Å². The summed E-state index contributed by atoms with van der Waals surface area (Å²) in [6.45, 7) is 13.3. The maximum absolute atomic E-state index is 13.8. The Hall–Kier alpha value is -5.34. The number of rotatable bonds is 16. The number of amides is 4. The molecule has 15 heteroatoms. The Morgan fingerprint density at radius 1 is 0.912 bits per heavy atom. The summed E-state index contributed by atoms with van der Waals surface area (Å²) in [7, 11) is 0. The Morgan fingerprint density at radius 3 is 2.21 bits per heavy atom. The highest BCUT2D eigenvalue weighted by molar-refractivity contribution is 6.33. The first kappa shape index (κ1) is 42.8. The van der Waals surface area contributed by atoms with E-state index in [1.165, 1.54) is 0 Å². The van der Waals surface area contributed by atoms with Crippen LogP contribution in [0.3, 0.4) is 0 Å². The standard InChI is InChI=1S/C42H54ClN9O5/c1-6-52(7-2)23-22-44-38(53)32-18-21-34(35(43)25-32)29-12-8-27(9-13-29)24-36(40(55)46-33-19-16-30(17-20-33)37-48-50-51-49-37)47-39(54)31-14-10-28(11-15-31)26-45-41(56)57-42(3,4)5/h8-9,12-13,16-21,25,28,31,36H,6-7,10-11,14-15,22-24,26H2,1-5H3,(H,44,53)(H,45,56)(H,46,55)(H,47,54)(H,48,49,50,51). The summed E-state index contributed by atoms with van der Waals surface area (Å²) in [6, 6.07) is 19.1. The minimum Gasteiger partial charge on any atom is -0.444 e. The number of aromatic amines is 1. The van der Waals surface area contributed by atoms with Crippen LogP contribution in [-0.2, 0) is 20.7 Å². The zero-order chi connectivity index (χ0) is 41.0. The van der Waals surface area contributed by atoms with Crippen molar-refractivity contribution in [3.63, 3.8) is 0 Å². The van der Waals surface area contributed by atoms with Gasteiger partial charge in [0.1, 0.15) is 11.6 Å². The number of halogens is 1. The quantitative estimate of drug-likeness (QED) is 0.0874. The highest BCUT2D eigenvalue weighted by Gasteiger charge is 2.30. The molecule has 304 valence electrons. The zero-order valence-electron chi connectivity index (χ0n) is 33.4. The fourth-order valence-corrected chi connectivity index (χ4v) is 7.09. The number of hydrogen-bond acceptors (Lipinski definition) is 9. The lowest BCUT2D eigenvalue weighted by atomic mass is 9.81. The third kappa shape index (κ3) is 12.8. The van der Waals surface area contributed by atoms with Gasteiger partial charge in [-0.25, -0.2) is 4.79 Å². The highest BCUT2D eigenvalue weighted by atomic mass is 35.5. The maximum Gasteiger partial charge on any atom is 0.407 e. The third-order valence-electron chi connectivity index (χ3n) is 10.1. The van der Waals surface area contributed by atoms with Crippen molar-refractivity contribution >= 4 is 41.1 Å². The molecule has 0 aliphatic heterocycles. The largest absolute Gasteiger partial charge is 0.444 e. The van der Waals surface area contributed by atoms with Crippen molar-refractivity contribution in [2.45, 2.75) is 78.4 Å². The Labute approximate surface area is 339 Å². The molecule has 0 spiro atoms. The number of hydrogen-bond donors (Lipinski definition) is 5. The van der Waals surface area contributed by atoms with Crippen LogP contribution in [0.2, 0.25) is 5.02 Å². The van der Waals surface area contributed by atoms with Crippen molar-refractivity contribution in [2.24, 2.45) is 11.8 Å². The van der Waals surface area contributed by atoms with E-state index in [0.717, 1.165) is 54.7 Å². The van der Waals surface area contributed by atoms with Gasteiger partial charge < -0.3 is 30.9 Å². The zero-order valence-corrected chi connectivity index (χ0v) is 34.1. The minimum atomic E-state index is -0.866. The molecule has 0 radical (unpaired) electrons. The maximum atomic E-state index is 13.8. The predicted octanol–water partition coefficient (Wildman–Crippen LogP) is 6.26. The summed E-state index contributed by atoms with van der Waals surface area (Å²) >= 11 is 6.69. The van der Waals surface area contributed by atoms with Crippen LogP contribution in [0.4, 0.5) is 10.5 Å². The lowest BCUT2D eigenvalue weighted by molar-refractivity contribution is -0.130.